The Kier molecular flexibility index (Phi) is 3.97. The van der Waals surface area contributed by atoms with Crippen LogP contribution in [0.1, 0.15) is 22.0 Å². The number of aryl methyl sites for hydroxylation is 1. The van der Waals surface area contributed by atoms with Crippen molar-refractivity contribution in [2.45, 2.75) is 13.0 Å². The number of nitrogens with one attached hydrogen (secondary N) is 1. The molecule has 17 heavy (non-hydrogen) atoms. The number of rotatable bonds is 3. The minimum atomic E-state index is -0.157. The van der Waals surface area contributed by atoms with Crippen LogP contribution in [-0.4, -0.2) is 7.05 Å². The van der Waals surface area contributed by atoms with E-state index < -0.39 is 0 Å². The summed E-state index contributed by atoms with van der Waals surface area (Å²) in [7, 11) is 1.91. The van der Waals surface area contributed by atoms with E-state index in [1.54, 1.807) is 18.3 Å². The van der Waals surface area contributed by atoms with Crippen molar-refractivity contribution in [1.82, 2.24) is 5.32 Å². The molecule has 0 aliphatic rings. The summed E-state index contributed by atoms with van der Waals surface area (Å²) in [5.74, 6) is -0.157. The highest BCUT2D eigenvalue weighted by Gasteiger charge is 2.14. The van der Waals surface area contributed by atoms with E-state index in [0.29, 0.717) is 5.56 Å². The molecular weight excluding hydrogens is 301 g/mol. The van der Waals surface area contributed by atoms with Crippen LogP contribution in [0.2, 0.25) is 0 Å². The molecule has 4 heteroatoms. The third-order valence-corrected chi connectivity index (χ3v) is 4.37. The first kappa shape index (κ1) is 12.7. The summed E-state index contributed by atoms with van der Waals surface area (Å²) >= 11 is 5.14. The summed E-state index contributed by atoms with van der Waals surface area (Å²) in [5, 5.41) is 3.26. The van der Waals surface area contributed by atoms with Crippen LogP contribution >= 0.6 is 27.3 Å². The van der Waals surface area contributed by atoms with E-state index in [4.69, 9.17) is 0 Å². The Hall–Kier alpha value is -0.710. The van der Waals surface area contributed by atoms with Crippen molar-refractivity contribution in [3.8, 4) is 0 Å². The summed E-state index contributed by atoms with van der Waals surface area (Å²) in [6.45, 7) is 1.79. The fraction of sp³-hybridized carbons (Fsp3) is 0.231. The van der Waals surface area contributed by atoms with E-state index in [2.05, 4.69) is 27.3 Å². The van der Waals surface area contributed by atoms with Gasteiger partial charge in [0, 0.05) is 4.88 Å². The minimum Gasteiger partial charge on any atom is -0.309 e. The molecule has 1 unspecified atom stereocenters. The van der Waals surface area contributed by atoms with Gasteiger partial charge < -0.3 is 5.32 Å². The molecule has 1 nitrogen and oxygen atoms in total. The molecule has 0 radical (unpaired) electrons. The number of halogens is 2. The molecule has 2 aromatic rings. The van der Waals surface area contributed by atoms with Gasteiger partial charge in [-0.1, -0.05) is 12.1 Å². The highest BCUT2D eigenvalue weighted by Crippen LogP contribution is 2.31. The highest BCUT2D eigenvalue weighted by molar-refractivity contribution is 9.11. The lowest BCUT2D eigenvalue weighted by Gasteiger charge is -2.15. The van der Waals surface area contributed by atoms with Crippen molar-refractivity contribution in [3.63, 3.8) is 0 Å². The fourth-order valence-corrected chi connectivity index (χ4v) is 3.37. The van der Waals surface area contributed by atoms with Crippen LogP contribution in [0.3, 0.4) is 0 Å². The Morgan fingerprint density at radius 2 is 2.06 bits per heavy atom. The lowest BCUT2D eigenvalue weighted by atomic mass is 10.0. The maximum Gasteiger partial charge on any atom is 0.126 e. The molecule has 2 rings (SSSR count). The second-order valence-electron chi connectivity index (χ2n) is 3.87. The quantitative estimate of drug-likeness (QED) is 0.892. The monoisotopic (exact) mass is 313 g/mol. The molecule has 0 fully saturated rings. The topological polar surface area (TPSA) is 12.0 Å². The molecule has 1 aromatic carbocycles. The molecule has 0 aliphatic carbocycles. The molecular formula is C13H13BrFNS. The average Bonchev–Trinajstić information content (AvgIpc) is 2.71. The Morgan fingerprint density at radius 1 is 1.29 bits per heavy atom. The van der Waals surface area contributed by atoms with Gasteiger partial charge in [-0.25, -0.2) is 4.39 Å². The SMILES string of the molecule is CNC(c1ccc(F)c(C)c1)c1ccc(Br)s1. The van der Waals surface area contributed by atoms with Crippen LogP contribution in [0.5, 0.6) is 0 Å². The maximum atomic E-state index is 13.2. The van der Waals surface area contributed by atoms with Crippen molar-refractivity contribution >= 4 is 27.3 Å². The molecule has 90 valence electrons. The van der Waals surface area contributed by atoms with Crippen molar-refractivity contribution in [3.05, 3.63) is 55.9 Å². The van der Waals surface area contributed by atoms with E-state index in [1.807, 2.05) is 25.2 Å². The van der Waals surface area contributed by atoms with Crippen LogP contribution in [0.15, 0.2) is 34.1 Å². The average molecular weight is 314 g/mol. The normalized spacial score (nSPS) is 12.7. The predicted octanol–water partition coefficient (Wildman–Crippen LogP) is 4.27. The third kappa shape index (κ3) is 2.76. The number of thiophene rings is 1. The third-order valence-electron chi connectivity index (χ3n) is 2.68. The van der Waals surface area contributed by atoms with Gasteiger partial charge in [-0.05, 0) is 59.2 Å². The van der Waals surface area contributed by atoms with E-state index in [0.717, 1.165) is 9.35 Å². The molecule has 0 saturated heterocycles. The van der Waals surface area contributed by atoms with Gasteiger partial charge in [0.05, 0.1) is 9.83 Å². The van der Waals surface area contributed by atoms with Crippen molar-refractivity contribution in [1.29, 1.82) is 0 Å². The Morgan fingerprint density at radius 3 is 2.59 bits per heavy atom. The zero-order chi connectivity index (χ0) is 12.4. The maximum absolute atomic E-state index is 13.2. The van der Waals surface area contributed by atoms with Gasteiger partial charge in [-0.3, -0.25) is 0 Å². The van der Waals surface area contributed by atoms with Gasteiger partial charge in [-0.2, -0.15) is 0 Å². The van der Waals surface area contributed by atoms with Crippen LogP contribution in [0, 0.1) is 12.7 Å². The lowest BCUT2D eigenvalue weighted by molar-refractivity contribution is 0.614. The summed E-state index contributed by atoms with van der Waals surface area (Å²) in [5.41, 5.74) is 1.76. The van der Waals surface area contributed by atoms with Crippen molar-refractivity contribution in [2.75, 3.05) is 7.05 Å². The van der Waals surface area contributed by atoms with Crippen LogP contribution < -0.4 is 5.32 Å². The van der Waals surface area contributed by atoms with E-state index >= 15 is 0 Å². The van der Waals surface area contributed by atoms with Gasteiger partial charge in [-0.15, -0.1) is 11.3 Å². The van der Waals surface area contributed by atoms with Crippen LogP contribution in [0.25, 0.3) is 0 Å². The highest BCUT2D eigenvalue weighted by atomic mass is 79.9. The molecule has 0 aliphatic heterocycles. The Balaban J connectivity index is 2.38. The van der Waals surface area contributed by atoms with E-state index in [-0.39, 0.29) is 11.9 Å². The van der Waals surface area contributed by atoms with E-state index in [1.165, 1.54) is 10.9 Å². The Bertz CT molecular complexity index is 524. The predicted molar refractivity (Wildman–Crippen MR) is 74.1 cm³/mol. The first-order valence-corrected chi connectivity index (χ1v) is 6.91. The molecule has 0 amide bonds. The second kappa shape index (κ2) is 5.29. The molecule has 1 N–H and O–H groups in total. The number of benzene rings is 1. The van der Waals surface area contributed by atoms with Crippen molar-refractivity contribution < 1.29 is 4.39 Å². The fourth-order valence-electron chi connectivity index (χ4n) is 1.80. The van der Waals surface area contributed by atoms with Gasteiger partial charge in [0.1, 0.15) is 5.82 Å². The molecule has 0 spiro atoms. The number of hydrogen-bond donors (Lipinski definition) is 1. The Labute approximate surface area is 113 Å². The van der Waals surface area contributed by atoms with Gasteiger partial charge in [0.25, 0.3) is 0 Å². The zero-order valence-corrected chi connectivity index (χ0v) is 12.0. The molecule has 1 aromatic heterocycles. The van der Waals surface area contributed by atoms with Gasteiger partial charge in [0.15, 0.2) is 0 Å². The first-order valence-electron chi connectivity index (χ1n) is 5.30. The van der Waals surface area contributed by atoms with Crippen LogP contribution in [0.4, 0.5) is 4.39 Å². The first-order chi connectivity index (χ1) is 8.11. The summed E-state index contributed by atoms with van der Waals surface area (Å²) in [6, 6.07) is 9.47. The smallest absolute Gasteiger partial charge is 0.126 e. The largest absolute Gasteiger partial charge is 0.309 e. The van der Waals surface area contributed by atoms with Gasteiger partial charge >= 0.3 is 0 Å². The zero-order valence-electron chi connectivity index (χ0n) is 9.63. The molecule has 0 saturated carbocycles. The summed E-state index contributed by atoms with van der Waals surface area (Å²) in [4.78, 5) is 1.21. The molecule has 1 atom stereocenters. The molecule has 0 bridgehead atoms. The summed E-state index contributed by atoms with van der Waals surface area (Å²) < 4.78 is 14.4. The molecule has 1 heterocycles. The number of hydrogen-bond acceptors (Lipinski definition) is 2. The van der Waals surface area contributed by atoms with E-state index in [9.17, 15) is 4.39 Å². The lowest BCUT2D eigenvalue weighted by Crippen LogP contribution is -2.16. The minimum absolute atomic E-state index is 0.116. The van der Waals surface area contributed by atoms with Crippen molar-refractivity contribution in [2.24, 2.45) is 0 Å². The summed E-state index contributed by atoms with van der Waals surface area (Å²) in [6.07, 6.45) is 0. The second-order valence-corrected chi connectivity index (χ2v) is 6.37. The van der Waals surface area contributed by atoms with Crippen LogP contribution in [-0.2, 0) is 0 Å². The van der Waals surface area contributed by atoms with Gasteiger partial charge in [0.2, 0.25) is 0 Å². The standard InChI is InChI=1S/C13H13BrFNS/c1-8-7-9(3-4-10(8)15)13(16-2)11-5-6-12(14)17-11/h3-7,13,16H,1-2H3.